The molecule has 51 heavy (non-hydrogen) atoms. The Balaban J connectivity index is 3.70. The van der Waals surface area contributed by atoms with Gasteiger partial charge >= 0.3 is 11.9 Å². The minimum absolute atomic E-state index is 0.169. The van der Waals surface area contributed by atoms with Crippen molar-refractivity contribution >= 4 is 11.9 Å². The summed E-state index contributed by atoms with van der Waals surface area (Å²) in [7, 11) is 0. The van der Waals surface area contributed by atoms with E-state index in [1.165, 1.54) is 70.6 Å². The first-order valence-corrected chi connectivity index (χ1v) is 20.1. The normalized spacial score (nSPS) is 14.3. The molecule has 0 unspecified atom stereocenters. The first kappa shape index (κ1) is 48.3. The quantitative estimate of drug-likeness (QED) is 0.0263. The topological polar surface area (TPSA) is 113 Å². The molecule has 7 nitrogen and oxygen atoms in total. The van der Waals surface area contributed by atoms with E-state index < -0.39 is 24.3 Å². The smallest absolute Gasteiger partial charge is 0.306 e. The van der Waals surface area contributed by atoms with E-state index in [1.54, 1.807) is 24.3 Å². The Morgan fingerprint density at radius 3 is 1.51 bits per heavy atom. The van der Waals surface area contributed by atoms with Gasteiger partial charge in [0.2, 0.25) is 0 Å². The molecule has 0 heterocycles. The fraction of sp³-hybridized carbons (Fsp3) is 0.682. The lowest BCUT2D eigenvalue weighted by Crippen LogP contribution is -2.25. The summed E-state index contributed by atoms with van der Waals surface area (Å²) in [6.07, 6.45) is 41.8. The molecule has 0 fully saturated rings. The Bertz CT molecular complexity index is 991. The van der Waals surface area contributed by atoms with Crippen LogP contribution in [0.3, 0.4) is 0 Å². The third-order valence-electron chi connectivity index (χ3n) is 8.31. The van der Waals surface area contributed by atoms with Gasteiger partial charge in [-0.15, -0.1) is 0 Å². The average Bonchev–Trinajstić information content (AvgIpc) is 3.10. The van der Waals surface area contributed by atoms with Crippen LogP contribution in [0.1, 0.15) is 156 Å². The van der Waals surface area contributed by atoms with Crippen LogP contribution in [0.5, 0.6) is 0 Å². The van der Waals surface area contributed by atoms with Crippen molar-refractivity contribution in [2.75, 3.05) is 13.2 Å². The molecule has 3 atom stereocenters. The van der Waals surface area contributed by atoms with E-state index in [0.29, 0.717) is 32.1 Å². The zero-order valence-corrected chi connectivity index (χ0v) is 32.5. The van der Waals surface area contributed by atoms with Gasteiger partial charge in [0.25, 0.3) is 0 Å². The van der Waals surface area contributed by atoms with Crippen molar-refractivity contribution in [3.05, 3.63) is 72.9 Å². The Hall–Kier alpha value is -2.74. The van der Waals surface area contributed by atoms with Crippen molar-refractivity contribution in [1.82, 2.24) is 0 Å². The second-order valence-electron chi connectivity index (χ2n) is 13.9. The minimum atomic E-state index is -1.03. The number of unbranched alkanes of at least 4 members (excludes halogenated alkanes) is 12. The summed E-state index contributed by atoms with van der Waals surface area (Å²) in [5, 5.41) is 29.8. The zero-order chi connectivity index (χ0) is 37.6. The molecule has 0 aliphatic carbocycles. The van der Waals surface area contributed by atoms with Crippen LogP contribution in [0.25, 0.3) is 0 Å². The Kier molecular flexibility index (Phi) is 35.0. The van der Waals surface area contributed by atoms with Crippen LogP contribution in [-0.4, -0.2) is 58.8 Å². The third-order valence-corrected chi connectivity index (χ3v) is 8.31. The van der Waals surface area contributed by atoms with Crippen LogP contribution in [0.15, 0.2) is 72.9 Å². The van der Waals surface area contributed by atoms with Crippen LogP contribution in [-0.2, 0) is 19.1 Å². The van der Waals surface area contributed by atoms with E-state index >= 15 is 0 Å². The highest BCUT2D eigenvalue weighted by Crippen LogP contribution is 2.15. The second-order valence-corrected chi connectivity index (χ2v) is 13.9. The lowest BCUT2D eigenvalue weighted by molar-refractivity contribution is -0.152. The SMILES string of the molecule is CC/C=C\C[C@@H](O)/C=C/C=C\C=C\[C@@H](O)C/C=C\C/C=C\CCC(=O)OC[C@@H](O)COC(=O)CCCCCCCCCCCCCCCC(C)C. The maximum absolute atomic E-state index is 12.0. The summed E-state index contributed by atoms with van der Waals surface area (Å²) in [5.41, 5.74) is 0. The van der Waals surface area contributed by atoms with Crippen LogP contribution >= 0.6 is 0 Å². The van der Waals surface area contributed by atoms with E-state index in [2.05, 4.69) is 20.8 Å². The molecule has 0 amide bonds. The summed E-state index contributed by atoms with van der Waals surface area (Å²) < 4.78 is 10.2. The maximum atomic E-state index is 12.0. The molecule has 0 saturated heterocycles. The van der Waals surface area contributed by atoms with Crippen molar-refractivity contribution in [1.29, 1.82) is 0 Å². The molecule has 7 heteroatoms. The van der Waals surface area contributed by atoms with Gasteiger partial charge in [-0.1, -0.05) is 177 Å². The number of esters is 2. The van der Waals surface area contributed by atoms with E-state index in [1.807, 2.05) is 48.6 Å². The molecule has 0 spiro atoms. The molecule has 3 N–H and O–H groups in total. The lowest BCUT2D eigenvalue weighted by Gasteiger charge is -2.12. The van der Waals surface area contributed by atoms with Crippen molar-refractivity contribution in [3.8, 4) is 0 Å². The number of hydrogen-bond donors (Lipinski definition) is 3. The molecular formula is C44H74O7. The molecule has 0 bridgehead atoms. The summed E-state index contributed by atoms with van der Waals surface area (Å²) in [6, 6.07) is 0. The number of carbonyl (C=O) groups is 2. The minimum Gasteiger partial charge on any atom is -0.463 e. The number of aliphatic hydroxyl groups is 3. The molecule has 0 aliphatic heterocycles. The molecular weight excluding hydrogens is 640 g/mol. The highest BCUT2D eigenvalue weighted by molar-refractivity contribution is 5.70. The molecule has 292 valence electrons. The fourth-order valence-electron chi connectivity index (χ4n) is 5.24. The first-order chi connectivity index (χ1) is 24.7. The summed E-state index contributed by atoms with van der Waals surface area (Å²) in [4.78, 5) is 23.9. The highest BCUT2D eigenvalue weighted by atomic mass is 16.6. The summed E-state index contributed by atoms with van der Waals surface area (Å²) >= 11 is 0. The van der Waals surface area contributed by atoms with Crippen LogP contribution < -0.4 is 0 Å². The third kappa shape index (κ3) is 38.3. The van der Waals surface area contributed by atoms with Crippen molar-refractivity contribution in [2.24, 2.45) is 5.92 Å². The van der Waals surface area contributed by atoms with E-state index in [4.69, 9.17) is 9.47 Å². The van der Waals surface area contributed by atoms with Gasteiger partial charge in [-0.2, -0.15) is 0 Å². The molecule has 0 radical (unpaired) electrons. The van der Waals surface area contributed by atoms with Gasteiger partial charge in [0, 0.05) is 12.8 Å². The van der Waals surface area contributed by atoms with E-state index in [0.717, 1.165) is 31.6 Å². The molecule has 0 rings (SSSR count). The zero-order valence-electron chi connectivity index (χ0n) is 32.5. The molecule has 0 aromatic heterocycles. The number of aliphatic hydroxyl groups excluding tert-OH is 3. The molecule has 0 aromatic carbocycles. The first-order valence-electron chi connectivity index (χ1n) is 20.1. The van der Waals surface area contributed by atoms with E-state index in [-0.39, 0.29) is 25.6 Å². The Morgan fingerprint density at radius 2 is 1.00 bits per heavy atom. The summed E-state index contributed by atoms with van der Waals surface area (Å²) in [6.45, 7) is 6.30. The molecule has 0 saturated carbocycles. The average molecular weight is 715 g/mol. The van der Waals surface area contributed by atoms with Crippen molar-refractivity contribution in [3.63, 3.8) is 0 Å². The predicted octanol–water partition coefficient (Wildman–Crippen LogP) is 10.4. The maximum Gasteiger partial charge on any atom is 0.306 e. The van der Waals surface area contributed by atoms with Gasteiger partial charge < -0.3 is 24.8 Å². The van der Waals surface area contributed by atoms with Crippen LogP contribution in [0, 0.1) is 5.92 Å². The number of allylic oxidation sites excluding steroid dienone is 8. The monoisotopic (exact) mass is 715 g/mol. The Morgan fingerprint density at radius 1 is 0.549 bits per heavy atom. The van der Waals surface area contributed by atoms with Gasteiger partial charge in [-0.25, -0.2) is 0 Å². The number of rotatable bonds is 34. The van der Waals surface area contributed by atoms with Gasteiger partial charge in [0.05, 0.1) is 12.2 Å². The lowest BCUT2D eigenvalue weighted by atomic mass is 10.0. The standard InChI is InChI=1S/C44H74O7/c1-4-5-23-31-40(45)33-26-21-22-27-34-41(46)32-25-18-15-16-20-29-36-44(49)51-38-42(47)37-50-43(48)35-28-19-14-12-10-8-6-7-9-11-13-17-24-30-39(2)3/h5,16,18,20-23,25-27,33-34,39-42,45-47H,4,6-15,17,19,24,28-32,35-38H2,1-3H3/b20-16-,22-21-,23-5-,25-18-,33-26+,34-27+/t40-,41+,42+/m1/s1. The molecule has 0 aromatic rings. The van der Waals surface area contributed by atoms with Crippen LogP contribution in [0.4, 0.5) is 0 Å². The molecule has 0 aliphatic rings. The Labute approximate surface area is 311 Å². The van der Waals surface area contributed by atoms with Gasteiger partial charge in [-0.3, -0.25) is 9.59 Å². The largest absolute Gasteiger partial charge is 0.463 e. The van der Waals surface area contributed by atoms with Gasteiger partial charge in [0.15, 0.2) is 0 Å². The van der Waals surface area contributed by atoms with Gasteiger partial charge in [-0.05, 0) is 44.4 Å². The number of ether oxygens (including phenoxy) is 2. The van der Waals surface area contributed by atoms with Crippen molar-refractivity contribution < 1.29 is 34.4 Å². The fourth-order valence-corrected chi connectivity index (χ4v) is 5.24. The van der Waals surface area contributed by atoms with Crippen LogP contribution in [0.2, 0.25) is 0 Å². The summed E-state index contributed by atoms with van der Waals surface area (Å²) in [5.74, 6) is 0.105. The number of hydrogen-bond acceptors (Lipinski definition) is 7. The van der Waals surface area contributed by atoms with E-state index in [9.17, 15) is 24.9 Å². The van der Waals surface area contributed by atoms with Crippen molar-refractivity contribution in [2.45, 2.75) is 174 Å². The highest BCUT2D eigenvalue weighted by Gasteiger charge is 2.11. The van der Waals surface area contributed by atoms with Gasteiger partial charge in [0.1, 0.15) is 19.3 Å². The number of carbonyl (C=O) groups excluding carboxylic acids is 2. The second kappa shape index (κ2) is 37.0. The predicted molar refractivity (Wildman–Crippen MR) is 212 cm³/mol.